The number of rotatable bonds is 7. The first-order valence-electron chi connectivity index (χ1n) is 9.75. The third-order valence-corrected chi connectivity index (χ3v) is 6.43. The molecule has 2 fully saturated rings. The zero-order valence-electron chi connectivity index (χ0n) is 15.6. The average molecular weight is 406 g/mol. The highest BCUT2D eigenvalue weighted by Gasteiger charge is 2.25. The molecule has 0 atom stereocenters. The molecule has 0 unspecified atom stereocenters. The number of unbranched alkanes of at least 4 members (excludes halogenated alkanes) is 1. The Morgan fingerprint density at radius 2 is 1.78 bits per heavy atom. The second-order valence-electron chi connectivity index (χ2n) is 7.05. The molecule has 5 nitrogen and oxygen atoms in total. The maximum atomic E-state index is 12.1. The molecule has 1 aromatic rings. The summed E-state index contributed by atoms with van der Waals surface area (Å²) in [6, 6.07) is 8.16. The Balaban J connectivity index is 1.38. The van der Waals surface area contributed by atoms with E-state index in [0.717, 1.165) is 31.6 Å². The largest absolute Gasteiger partial charge is 0.372 e. The summed E-state index contributed by atoms with van der Waals surface area (Å²) in [5.41, 5.74) is 2.07. The van der Waals surface area contributed by atoms with Crippen molar-refractivity contribution in [2.45, 2.75) is 44.9 Å². The van der Waals surface area contributed by atoms with Crippen LogP contribution in [-0.4, -0.2) is 46.4 Å². The van der Waals surface area contributed by atoms with Crippen LogP contribution in [0.1, 0.15) is 44.9 Å². The molecule has 0 aliphatic carbocycles. The van der Waals surface area contributed by atoms with Gasteiger partial charge in [-0.1, -0.05) is 36.8 Å². The average Bonchev–Trinajstić information content (AvgIpc) is 2.87. The van der Waals surface area contributed by atoms with Crippen molar-refractivity contribution in [1.29, 1.82) is 0 Å². The van der Waals surface area contributed by atoms with Crippen molar-refractivity contribution in [2.75, 3.05) is 35.6 Å². The summed E-state index contributed by atoms with van der Waals surface area (Å²) >= 11 is 6.57. The molecule has 1 aromatic carbocycles. The van der Waals surface area contributed by atoms with Gasteiger partial charge in [0.2, 0.25) is 11.8 Å². The molecule has 7 heteroatoms. The number of hydrogen-bond donors (Lipinski definition) is 1. The van der Waals surface area contributed by atoms with Gasteiger partial charge in [-0.2, -0.15) is 0 Å². The Morgan fingerprint density at radius 3 is 2.41 bits per heavy atom. The highest BCUT2D eigenvalue weighted by molar-refractivity contribution is 8.23. The van der Waals surface area contributed by atoms with Crippen molar-refractivity contribution in [3.63, 3.8) is 0 Å². The van der Waals surface area contributed by atoms with Gasteiger partial charge in [-0.25, -0.2) is 0 Å². The minimum Gasteiger partial charge on any atom is -0.372 e. The first-order chi connectivity index (χ1) is 13.1. The second-order valence-corrected chi connectivity index (χ2v) is 8.66. The van der Waals surface area contributed by atoms with E-state index in [0.29, 0.717) is 23.0 Å². The van der Waals surface area contributed by atoms with E-state index in [2.05, 4.69) is 22.3 Å². The molecule has 2 saturated heterocycles. The number of thioether (sulfide) groups is 1. The van der Waals surface area contributed by atoms with Gasteiger partial charge in [0.15, 0.2) is 0 Å². The molecular weight excluding hydrogens is 378 g/mol. The molecule has 2 amide bonds. The summed E-state index contributed by atoms with van der Waals surface area (Å²) in [7, 11) is 0. The zero-order chi connectivity index (χ0) is 19.1. The summed E-state index contributed by atoms with van der Waals surface area (Å²) in [4.78, 5) is 27.9. The summed E-state index contributed by atoms with van der Waals surface area (Å²) in [5, 5.41) is 2.96. The first kappa shape index (κ1) is 20.1. The lowest BCUT2D eigenvalue weighted by Crippen LogP contribution is -2.29. The Labute approximate surface area is 170 Å². The normalized spacial score (nSPS) is 17.9. The van der Waals surface area contributed by atoms with E-state index in [9.17, 15) is 9.59 Å². The molecule has 3 rings (SSSR count). The van der Waals surface area contributed by atoms with Gasteiger partial charge in [0.05, 0.1) is 5.75 Å². The van der Waals surface area contributed by atoms with Crippen LogP contribution in [0.15, 0.2) is 24.3 Å². The van der Waals surface area contributed by atoms with Gasteiger partial charge < -0.3 is 10.2 Å². The lowest BCUT2D eigenvalue weighted by Gasteiger charge is -2.22. The number of amides is 2. The number of carbonyl (C=O) groups excluding carboxylic acids is 2. The van der Waals surface area contributed by atoms with Gasteiger partial charge in [-0.05, 0) is 49.9 Å². The molecule has 0 spiro atoms. The van der Waals surface area contributed by atoms with Crippen LogP contribution in [0.4, 0.5) is 11.4 Å². The van der Waals surface area contributed by atoms with Crippen molar-refractivity contribution in [1.82, 2.24) is 4.90 Å². The Hall–Kier alpha value is -1.60. The van der Waals surface area contributed by atoms with Gasteiger partial charge in [0.1, 0.15) is 4.32 Å². The van der Waals surface area contributed by atoms with E-state index in [1.807, 2.05) is 12.1 Å². The summed E-state index contributed by atoms with van der Waals surface area (Å²) in [6.45, 7) is 2.85. The van der Waals surface area contributed by atoms with Crippen LogP contribution in [0.25, 0.3) is 0 Å². The van der Waals surface area contributed by atoms with Crippen molar-refractivity contribution in [3.8, 4) is 0 Å². The van der Waals surface area contributed by atoms with Crippen LogP contribution < -0.4 is 10.2 Å². The van der Waals surface area contributed by atoms with Crippen LogP contribution in [0.2, 0.25) is 0 Å². The van der Waals surface area contributed by atoms with E-state index in [1.165, 1.54) is 43.1 Å². The van der Waals surface area contributed by atoms with Crippen molar-refractivity contribution >= 4 is 51.5 Å². The molecule has 0 radical (unpaired) electrons. The number of thiocarbonyl (C=S) groups is 1. The third-order valence-electron chi connectivity index (χ3n) is 5.00. The van der Waals surface area contributed by atoms with Crippen LogP contribution in [0, 0.1) is 0 Å². The number of carbonyl (C=O) groups is 2. The highest BCUT2D eigenvalue weighted by atomic mass is 32.2. The Bertz CT molecular complexity index is 654. The molecule has 0 saturated carbocycles. The van der Waals surface area contributed by atoms with Crippen LogP contribution in [0.3, 0.4) is 0 Å². The maximum Gasteiger partial charge on any atom is 0.238 e. The minimum absolute atomic E-state index is 0.0159. The zero-order valence-corrected chi connectivity index (χ0v) is 17.2. The molecule has 0 bridgehead atoms. The van der Waals surface area contributed by atoms with Crippen LogP contribution in [0.5, 0.6) is 0 Å². The van der Waals surface area contributed by atoms with Gasteiger partial charge in [-0.15, -0.1) is 0 Å². The Morgan fingerprint density at radius 1 is 1.07 bits per heavy atom. The van der Waals surface area contributed by atoms with Gasteiger partial charge in [0, 0.05) is 37.4 Å². The SMILES string of the molecule is O=C(CCCCN1C(=O)CSC1=S)Nc1ccc(N2CCCCCC2)cc1. The van der Waals surface area contributed by atoms with Gasteiger partial charge >= 0.3 is 0 Å². The number of nitrogens with one attached hydrogen (secondary N) is 1. The molecule has 1 N–H and O–H groups in total. The van der Waals surface area contributed by atoms with E-state index in [1.54, 1.807) is 4.90 Å². The lowest BCUT2D eigenvalue weighted by molar-refractivity contribution is -0.124. The molecule has 2 aliphatic heterocycles. The molecular formula is C20H27N3O2S2. The Kier molecular flexibility index (Phi) is 7.52. The maximum absolute atomic E-state index is 12.1. The highest BCUT2D eigenvalue weighted by Crippen LogP contribution is 2.22. The molecule has 0 aromatic heterocycles. The van der Waals surface area contributed by atoms with E-state index < -0.39 is 0 Å². The van der Waals surface area contributed by atoms with Crippen molar-refractivity contribution < 1.29 is 9.59 Å². The number of nitrogens with zero attached hydrogens (tertiary/aromatic N) is 2. The van der Waals surface area contributed by atoms with Crippen LogP contribution >= 0.6 is 24.0 Å². The van der Waals surface area contributed by atoms with Crippen LogP contribution in [-0.2, 0) is 9.59 Å². The standard InChI is InChI=1S/C20H27N3O2S2/c24-18(7-3-6-14-23-19(25)15-27-20(23)26)21-16-8-10-17(11-9-16)22-12-4-1-2-5-13-22/h8-11H,1-7,12-15H2,(H,21,24). The van der Waals surface area contributed by atoms with Crippen molar-refractivity contribution in [3.05, 3.63) is 24.3 Å². The fourth-order valence-electron chi connectivity index (χ4n) is 3.46. The number of hydrogen-bond acceptors (Lipinski definition) is 5. The molecule has 146 valence electrons. The summed E-state index contributed by atoms with van der Waals surface area (Å²) in [6.07, 6.45) is 7.14. The smallest absolute Gasteiger partial charge is 0.238 e. The number of benzene rings is 1. The minimum atomic E-state index is 0.0159. The fraction of sp³-hybridized carbons (Fsp3) is 0.550. The molecule has 27 heavy (non-hydrogen) atoms. The second kappa shape index (κ2) is 10.1. The lowest BCUT2D eigenvalue weighted by atomic mass is 10.2. The van der Waals surface area contributed by atoms with Gasteiger partial charge in [-0.3, -0.25) is 14.5 Å². The van der Waals surface area contributed by atoms with Gasteiger partial charge in [0.25, 0.3) is 0 Å². The molecule has 2 heterocycles. The number of anilines is 2. The van der Waals surface area contributed by atoms with E-state index in [4.69, 9.17) is 12.2 Å². The quantitative estimate of drug-likeness (QED) is 0.548. The van der Waals surface area contributed by atoms with E-state index in [-0.39, 0.29) is 11.8 Å². The predicted molar refractivity (Wildman–Crippen MR) is 116 cm³/mol. The topological polar surface area (TPSA) is 52.7 Å². The fourth-order valence-corrected chi connectivity index (χ4v) is 4.58. The van der Waals surface area contributed by atoms with E-state index >= 15 is 0 Å². The first-order valence-corrected chi connectivity index (χ1v) is 11.1. The summed E-state index contributed by atoms with van der Waals surface area (Å²) in [5.74, 6) is 0.549. The monoisotopic (exact) mass is 405 g/mol. The van der Waals surface area contributed by atoms with Crippen molar-refractivity contribution in [2.24, 2.45) is 0 Å². The third kappa shape index (κ3) is 5.94. The molecule has 2 aliphatic rings. The summed E-state index contributed by atoms with van der Waals surface area (Å²) < 4.78 is 0.661. The predicted octanol–water partition coefficient (Wildman–Crippen LogP) is 4.04.